The van der Waals surface area contributed by atoms with E-state index in [1.54, 1.807) is 29.4 Å². The number of amides is 1. The Kier molecular flexibility index (Phi) is 4.85. The van der Waals surface area contributed by atoms with Crippen LogP contribution in [0.3, 0.4) is 0 Å². The van der Waals surface area contributed by atoms with E-state index in [0.29, 0.717) is 6.04 Å². The number of fused-ring (bicyclic) bond motifs is 3. The molecular formula is C22H23N3OS2. The Morgan fingerprint density at radius 2 is 2.04 bits per heavy atom. The summed E-state index contributed by atoms with van der Waals surface area (Å²) in [6.07, 6.45) is 7.25. The predicted octanol–water partition coefficient (Wildman–Crippen LogP) is 4.93. The molecule has 1 saturated carbocycles. The first-order valence-electron chi connectivity index (χ1n) is 9.96. The summed E-state index contributed by atoms with van der Waals surface area (Å²) < 4.78 is 0. The van der Waals surface area contributed by atoms with Crippen LogP contribution in [0.15, 0.2) is 41.7 Å². The van der Waals surface area contributed by atoms with Crippen molar-refractivity contribution in [1.29, 1.82) is 0 Å². The Labute approximate surface area is 173 Å². The highest BCUT2D eigenvalue weighted by Crippen LogP contribution is 2.44. The molecule has 0 unspecified atom stereocenters. The third kappa shape index (κ3) is 3.55. The Balaban J connectivity index is 1.53. The van der Waals surface area contributed by atoms with Crippen LogP contribution in [0, 0.1) is 5.92 Å². The molecule has 1 amide bonds. The number of hydrogen-bond acceptors (Lipinski definition) is 5. The highest BCUT2D eigenvalue weighted by molar-refractivity contribution is 8.00. The van der Waals surface area contributed by atoms with Crippen molar-refractivity contribution in [3.05, 3.63) is 52.7 Å². The molecule has 5 rings (SSSR count). The number of nitrogens with one attached hydrogen (secondary N) is 1. The van der Waals surface area contributed by atoms with Crippen molar-refractivity contribution in [3.8, 4) is 0 Å². The van der Waals surface area contributed by atoms with Gasteiger partial charge < -0.3 is 5.32 Å². The van der Waals surface area contributed by atoms with Gasteiger partial charge in [-0.25, -0.2) is 9.97 Å². The van der Waals surface area contributed by atoms with Gasteiger partial charge in [0.2, 0.25) is 5.91 Å². The minimum atomic E-state index is -0.294. The van der Waals surface area contributed by atoms with Gasteiger partial charge in [0, 0.05) is 16.3 Å². The molecule has 2 aliphatic carbocycles. The highest BCUT2D eigenvalue weighted by Gasteiger charge is 2.31. The first kappa shape index (κ1) is 18.1. The van der Waals surface area contributed by atoms with Crippen LogP contribution >= 0.6 is 23.1 Å². The van der Waals surface area contributed by atoms with Gasteiger partial charge >= 0.3 is 0 Å². The van der Waals surface area contributed by atoms with E-state index < -0.39 is 0 Å². The lowest BCUT2D eigenvalue weighted by Crippen LogP contribution is -2.29. The van der Waals surface area contributed by atoms with E-state index in [-0.39, 0.29) is 11.2 Å². The fraction of sp³-hybridized carbons (Fsp3) is 0.409. The molecular weight excluding hydrogens is 386 g/mol. The van der Waals surface area contributed by atoms with Crippen molar-refractivity contribution in [2.45, 2.75) is 55.3 Å². The summed E-state index contributed by atoms with van der Waals surface area (Å²) >= 11 is 3.38. The maximum Gasteiger partial charge on any atom is 0.238 e. The second-order valence-corrected chi connectivity index (χ2v) is 10.1. The van der Waals surface area contributed by atoms with E-state index in [4.69, 9.17) is 0 Å². The highest BCUT2D eigenvalue weighted by atomic mass is 32.2. The maximum absolute atomic E-state index is 13.0. The van der Waals surface area contributed by atoms with E-state index in [0.717, 1.165) is 47.0 Å². The number of carbonyl (C=O) groups excluding carboxylic acids is 1. The monoisotopic (exact) mass is 409 g/mol. The molecule has 1 aromatic carbocycles. The SMILES string of the molecule is C[C@H]1CCc2c(sc3ncnc(S[C@H](C(=O)NC4CC4)c4ccccc4)c23)C1. The topological polar surface area (TPSA) is 54.9 Å². The average molecular weight is 410 g/mol. The lowest BCUT2D eigenvalue weighted by atomic mass is 9.89. The third-order valence-corrected chi connectivity index (χ3v) is 7.97. The van der Waals surface area contributed by atoms with E-state index in [1.807, 2.05) is 30.3 Å². The van der Waals surface area contributed by atoms with Crippen LogP contribution in [0.2, 0.25) is 0 Å². The van der Waals surface area contributed by atoms with Crippen molar-refractivity contribution < 1.29 is 4.79 Å². The van der Waals surface area contributed by atoms with E-state index in [9.17, 15) is 4.79 Å². The molecule has 0 aliphatic heterocycles. The van der Waals surface area contributed by atoms with E-state index in [2.05, 4.69) is 22.2 Å². The molecule has 2 aliphatic rings. The first-order valence-corrected chi connectivity index (χ1v) is 11.7. The largest absolute Gasteiger partial charge is 0.352 e. The number of thiophene rings is 1. The van der Waals surface area contributed by atoms with Gasteiger partial charge in [-0.05, 0) is 49.1 Å². The molecule has 2 atom stereocenters. The minimum absolute atomic E-state index is 0.0863. The molecule has 0 spiro atoms. The zero-order chi connectivity index (χ0) is 19.1. The van der Waals surface area contributed by atoms with Gasteiger partial charge in [0.25, 0.3) is 0 Å². The van der Waals surface area contributed by atoms with Crippen LogP contribution < -0.4 is 5.32 Å². The normalized spacial score (nSPS) is 20.0. The summed E-state index contributed by atoms with van der Waals surface area (Å²) in [6, 6.07) is 10.4. The summed E-state index contributed by atoms with van der Waals surface area (Å²) in [6.45, 7) is 2.32. The van der Waals surface area contributed by atoms with Gasteiger partial charge in [-0.3, -0.25) is 4.79 Å². The molecule has 0 saturated heterocycles. The number of benzene rings is 1. The third-order valence-electron chi connectivity index (χ3n) is 5.55. The molecule has 0 radical (unpaired) electrons. The van der Waals surface area contributed by atoms with Crippen molar-refractivity contribution in [2.24, 2.45) is 5.92 Å². The standard InChI is InChI=1S/C22H23N3OS2/c1-13-7-10-16-17(11-13)27-21-18(16)22(24-12-23-21)28-19(14-5-3-2-4-6-14)20(26)25-15-8-9-15/h2-6,12-13,15,19H,7-11H2,1H3,(H,25,26)/t13-,19-/m0/s1. The fourth-order valence-corrected chi connectivity index (χ4v) is 6.40. The fourth-order valence-electron chi connectivity index (χ4n) is 3.85. The summed E-state index contributed by atoms with van der Waals surface area (Å²) in [4.78, 5) is 24.7. The Hall–Kier alpha value is -1.92. The van der Waals surface area contributed by atoms with Crippen molar-refractivity contribution in [2.75, 3.05) is 0 Å². The molecule has 3 aromatic rings. The Morgan fingerprint density at radius 1 is 1.21 bits per heavy atom. The van der Waals surface area contributed by atoms with Crippen LogP contribution in [0.25, 0.3) is 10.2 Å². The molecule has 28 heavy (non-hydrogen) atoms. The zero-order valence-electron chi connectivity index (χ0n) is 15.9. The number of hydrogen-bond donors (Lipinski definition) is 1. The average Bonchev–Trinajstić information content (AvgIpc) is 3.44. The van der Waals surface area contributed by atoms with Crippen LogP contribution in [-0.2, 0) is 17.6 Å². The lowest BCUT2D eigenvalue weighted by Gasteiger charge is -2.19. The Bertz CT molecular complexity index is 1010. The smallest absolute Gasteiger partial charge is 0.238 e. The van der Waals surface area contributed by atoms with Crippen LogP contribution in [-0.4, -0.2) is 21.9 Å². The van der Waals surface area contributed by atoms with Crippen LogP contribution in [0.1, 0.15) is 47.4 Å². The van der Waals surface area contributed by atoms with Crippen molar-refractivity contribution >= 4 is 39.2 Å². The molecule has 2 heterocycles. The van der Waals surface area contributed by atoms with Gasteiger partial charge in [0.1, 0.15) is 21.4 Å². The van der Waals surface area contributed by atoms with Gasteiger partial charge in [-0.1, -0.05) is 49.0 Å². The number of nitrogens with zero attached hydrogens (tertiary/aromatic N) is 2. The number of thioether (sulfide) groups is 1. The number of aryl methyl sites for hydroxylation is 1. The van der Waals surface area contributed by atoms with Crippen molar-refractivity contribution in [3.63, 3.8) is 0 Å². The van der Waals surface area contributed by atoms with Gasteiger partial charge in [-0.2, -0.15) is 0 Å². The van der Waals surface area contributed by atoms with Crippen LogP contribution in [0.4, 0.5) is 0 Å². The van der Waals surface area contributed by atoms with E-state index in [1.165, 1.54) is 22.2 Å². The van der Waals surface area contributed by atoms with Gasteiger partial charge in [-0.15, -0.1) is 11.3 Å². The number of carbonyl (C=O) groups is 1. The number of aromatic nitrogens is 2. The van der Waals surface area contributed by atoms with Crippen molar-refractivity contribution in [1.82, 2.24) is 15.3 Å². The summed E-state index contributed by atoms with van der Waals surface area (Å²) in [5, 5.41) is 5.01. The van der Waals surface area contributed by atoms with E-state index >= 15 is 0 Å². The summed E-state index contributed by atoms with van der Waals surface area (Å²) in [5.74, 6) is 0.814. The summed E-state index contributed by atoms with van der Waals surface area (Å²) in [7, 11) is 0. The molecule has 2 aromatic heterocycles. The van der Waals surface area contributed by atoms with Gasteiger partial charge in [0.05, 0.1) is 0 Å². The molecule has 144 valence electrons. The summed E-state index contributed by atoms with van der Waals surface area (Å²) in [5.41, 5.74) is 2.44. The molecule has 6 heteroatoms. The molecule has 4 nitrogen and oxygen atoms in total. The molecule has 1 N–H and O–H groups in total. The minimum Gasteiger partial charge on any atom is -0.352 e. The Morgan fingerprint density at radius 3 is 2.82 bits per heavy atom. The maximum atomic E-state index is 13.0. The zero-order valence-corrected chi connectivity index (χ0v) is 17.5. The molecule has 1 fully saturated rings. The van der Waals surface area contributed by atoms with Crippen LogP contribution in [0.5, 0.6) is 0 Å². The predicted molar refractivity (Wildman–Crippen MR) is 115 cm³/mol. The van der Waals surface area contributed by atoms with Gasteiger partial charge in [0.15, 0.2) is 0 Å². The second-order valence-electron chi connectivity index (χ2n) is 7.90. The quantitative estimate of drug-likeness (QED) is 0.480. The first-order chi connectivity index (χ1) is 13.7. The molecule has 0 bridgehead atoms. The lowest BCUT2D eigenvalue weighted by molar-refractivity contribution is -0.120. The second kappa shape index (κ2) is 7.48. The number of rotatable bonds is 5.